The summed E-state index contributed by atoms with van der Waals surface area (Å²) in [6.45, 7) is 8.18. The second-order valence-corrected chi connectivity index (χ2v) is 6.27. The van der Waals surface area contributed by atoms with Gasteiger partial charge in [-0.1, -0.05) is 0 Å². The Bertz CT molecular complexity index is 333. The van der Waals surface area contributed by atoms with E-state index in [9.17, 15) is 9.59 Å². The number of amides is 2. The third-order valence-electron chi connectivity index (χ3n) is 3.12. The van der Waals surface area contributed by atoms with Crippen LogP contribution in [-0.4, -0.2) is 49.6 Å². The fraction of sp³-hybridized carbons (Fsp3) is 0.867. The molecule has 8 nitrogen and oxygen atoms in total. The summed E-state index contributed by atoms with van der Waals surface area (Å²) in [5, 5.41) is 5.27. The number of carbonyl (C=O) groups is 2. The van der Waals surface area contributed by atoms with Gasteiger partial charge in [0.25, 0.3) is 0 Å². The van der Waals surface area contributed by atoms with Gasteiger partial charge in [0.2, 0.25) is 0 Å². The van der Waals surface area contributed by atoms with Gasteiger partial charge in [0.05, 0.1) is 13.2 Å². The first kappa shape index (κ1) is 21.5. The molecule has 0 bridgehead atoms. The van der Waals surface area contributed by atoms with Crippen molar-refractivity contribution in [3.05, 3.63) is 0 Å². The lowest BCUT2D eigenvalue weighted by molar-refractivity contribution is 0.114. The van der Waals surface area contributed by atoms with Crippen LogP contribution in [-0.2, 0) is 9.47 Å². The van der Waals surface area contributed by atoms with Crippen LogP contribution in [0.25, 0.3) is 0 Å². The number of hydrogen-bond acceptors (Lipinski definition) is 6. The molecule has 0 aliphatic heterocycles. The Morgan fingerprint density at radius 2 is 1.30 bits per heavy atom. The number of hydrogen-bond donors (Lipinski definition) is 4. The van der Waals surface area contributed by atoms with Crippen molar-refractivity contribution in [2.45, 2.75) is 64.6 Å². The summed E-state index contributed by atoms with van der Waals surface area (Å²) in [7, 11) is 0. The molecule has 0 atom stereocenters. The van der Waals surface area contributed by atoms with Gasteiger partial charge in [-0.15, -0.1) is 0 Å². The van der Waals surface area contributed by atoms with Crippen LogP contribution in [0.5, 0.6) is 0 Å². The van der Waals surface area contributed by atoms with Crippen LogP contribution in [0.3, 0.4) is 0 Å². The third kappa shape index (κ3) is 11.7. The molecule has 136 valence electrons. The van der Waals surface area contributed by atoms with Crippen molar-refractivity contribution in [2.24, 2.45) is 11.5 Å². The van der Waals surface area contributed by atoms with E-state index in [-0.39, 0.29) is 25.3 Å². The zero-order valence-electron chi connectivity index (χ0n) is 14.7. The van der Waals surface area contributed by atoms with Gasteiger partial charge in [0, 0.05) is 17.6 Å². The number of carbonyl (C=O) groups excluding carboxylic acids is 2. The summed E-state index contributed by atoms with van der Waals surface area (Å²) in [5.74, 6) is 0. The molecule has 0 aliphatic carbocycles. The maximum atomic E-state index is 11.4. The average Bonchev–Trinajstić information content (AvgIpc) is 2.36. The van der Waals surface area contributed by atoms with Gasteiger partial charge in [-0.3, -0.25) is 0 Å². The Morgan fingerprint density at radius 1 is 0.913 bits per heavy atom. The molecule has 0 heterocycles. The van der Waals surface area contributed by atoms with E-state index in [1.807, 2.05) is 27.7 Å². The molecule has 0 aliphatic rings. The SMILES string of the molecule is CC(C)NC(=O)OCCC(N)(CCN)CCOC(=O)NC(C)C. The molecule has 0 unspecified atom stereocenters. The van der Waals surface area contributed by atoms with Gasteiger partial charge in [-0.2, -0.15) is 0 Å². The summed E-state index contributed by atoms with van der Waals surface area (Å²) in [4.78, 5) is 22.9. The lowest BCUT2D eigenvalue weighted by Gasteiger charge is -2.29. The smallest absolute Gasteiger partial charge is 0.407 e. The molecular weight excluding hydrogens is 300 g/mol. The highest BCUT2D eigenvalue weighted by Gasteiger charge is 2.25. The Hall–Kier alpha value is -1.54. The van der Waals surface area contributed by atoms with E-state index in [1.54, 1.807) is 0 Å². The van der Waals surface area contributed by atoms with E-state index in [0.29, 0.717) is 25.8 Å². The van der Waals surface area contributed by atoms with Crippen LogP contribution in [0, 0.1) is 0 Å². The molecule has 0 aromatic carbocycles. The molecule has 0 saturated carbocycles. The van der Waals surface area contributed by atoms with E-state index < -0.39 is 17.7 Å². The van der Waals surface area contributed by atoms with Crippen LogP contribution >= 0.6 is 0 Å². The normalized spacial score (nSPS) is 11.5. The molecule has 0 aromatic heterocycles. The molecule has 0 fully saturated rings. The lowest BCUT2D eigenvalue weighted by Crippen LogP contribution is -2.45. The highest BCUT2D eigenvalue weighted by molar-refractivity contribution is 5.67. The topological polar surface area (TPSA) is 129 Å². The van der Waals surface area contributed by atoms with Crippen molar-refractivity contribution in [2.75, 3.05) is 19.8 Å². The molecule has 2 amide bonds. The number of ether oxygens (including phenoxy) is 2. The molecular formula is C15H32N4O4. The second kappa shape index (κ2) is 11.1. The molecule has 0 radical (unpaired) electrons. The summed E-state index contributed by atoms with van der Waals surface area (Å²) in [6, 6.07) is 0.0316. The van der Waals surface area contributed by atoms with Gasteiger partial charge in [-0.25, -0.2) is 9.59 Å². The quantitative estimate of drug-likeness (QED) is 0.474. The molecule has 23 heavy (non-hydrogen) atoms. The van der Waals surface area contributed by atoms with Crippen molar-refractivity contribution < 1.29 is 19.1 Å². The summed E-state index contributed by atoms with van der Waals surface area (Å²) < 4.78 is 10.2. The maximum Gasteiger partial charge on any atom is 0.407 e. The predicted octanol–water partition coefficient (Wildman–Crippen LogP) is 1.08. The highest BCUT2D eigenvalue weighted by atomic mass is 16.6. The summed E-state index contributed by atoms with van der Waals surface area (Å²) >= 11 is 0. The zero-order valence-corrected chi connectivity index (χ0v) is 14.7. The van der Waals surface area contributed by atoms with E-state index in [2.05, 4.69) is 10.6 Å². The van der Waals surface area contributed by atoms with Crippen LogP contribution in [0.15, 0.2) is 0 Å². The average molecular weight is 332 g/mol. The highest BCUT2D eigenvalue weighted by Crippen LogP contribution is 2.16. The van der Waals surface area contributed by atoms with Crippen molar-refractivity contribution in [1.82, 2.24) is 10.6 Å². The minimum Gasteiger partial charge on any atom is -0.449 e. The van der Waals surface area contributed by atoms with Crippen molar-refractivity contribution in [3.8, 4) is 0 Å². The minimum atomic E-state index is -0.634. The van der Waals surface area contributed by atoms with Gasteiger partial charge in [0.15, 0.2) is 0 Å². The molecule has 0 aromatic rings. The van der Waals surface area contributed by atoms with Gasteiger partial charge < -0.3 is 31.6 Å². The van der Waals surface area contributed by atoms with E-state index >= 15 is 0 Å². The lowest BCUT2D eigenvalue weighted by atomic mass is 9.89. The zero-order chi connectivity index (χ0) is 17.9. The number of nitrogens with one attached hydrogen (secondary N) is 2. The third-order valence-corrected chi connectivity index (χ3v) is 3.12. The summed E-state index contributed by atoms with van der Waals surface area (Å²) in [5.41, 5.74) is 11.2. The van der Waals surface area contributed by atoms with Gasteiger partial charge >= 0.3 is 12.2 Å². The first-order valence-corrected chi connectivity index (χ1v) is 8.04. The number of alkyl carbamates (subject to hydrolysis) is 2. The first-order valence-electron chi connectivity index (χ1n) is 8.04. The van der Waals surface area contributed by atoms with Crippen LogP contribution < -0.4 is 22.1 Å². The van der Waals surface area contributed by atoms with Crippen molar-refractivity contribution >= 4 is 12.2 Å². The largest absolute Gasteiger partial charge is 0.449 e. The van der Waals surface area contributed by atoms with Gasteiger partial charge in [0.1, 0.15) is 0 Å². The Morgan fingerprint density at radius 3 is 1.61 bits per heavy atom. The van der Waals surface area contributed by atoms with Crippen molar-refractivity contribution in [3.63, 3.8) is 0 Å². The van der Waals surface area contributed by atoms with E-state index in [1.165, 1.54) is 0 Å². The molecule has 0 spiro atoms. The van der Waals surface area contributed by atoms with Crippen LogP contribution in [0.2, 0.25) is 0 Å². The van der Waals surface area contributed by atoms with E-state index in [4.69, 9.17) is 20.9 Å². The number of rotatable bonds is 10. The van der Waals surface area contributed by atoms with Crippen LogP contribution in [0.4, 0.5) is 9.59 Å². The molecule has 0 rings (SSSR count). The predicted molar refractivity (Wildman–Crippen MR) is 89.1 cm³/mol. The monoisotopic (exact) mass is 332 g/mol. The molecule has 6 N–H and O–H groups in total. The first-order chi connectivity index (χ1) is 10.7. The number of nitrogens with two attached hydrogens (primary N) is 2. The maximum absolute atomic E-state index is 11.4. The second-order valence-electron chi connectivity index (χ2n) is 6.27. The van der Waals surface area contributed by atoms with Crippen molar-refractivity contribution in [1.29, 1.82) is 0 Å². The minimum absolute atomic E-state index is 0.0158. The summed E-state index contributed by atoms with van der Waals surface area (Å²) in [6.07, 6.45) is 0.512. The Labute approximate surface area is 138 Å². The Kier molecular flexibility index (Phi) is 10.3. The fourth-order valence-corrected chi connectivity index (χ4v) is 1.91. The fourth-order valence-electron chi connectivity index (χ4n) is 1.91. The van der Waals surface area contributed by atoms with Crippen LogP contribution in [0.1, 0.15) is 47.0 Å². The van der Waals surface area contributed by atoms with E-state index in [0.717, 1.165) is 0 Å². The molecule has 8 heteroatoms. The Balaban J connectivity index is 4.18. The standard InChI is InChI=1S/C15H32N4O4/c1-11(2)18-13(20)22-9-6-15(17,5-8-16)7-10-23-14(21)19-12(3)4/h11-12H,5-10,16-17H2,1-4H3,(H,18,20)(H,19,21). The van der Waals surface area contributed by atoms with Gasteiger partial charge in [-0.05, 0) is 53.5 Å². The molecule has 0 saturated heterocycles.